The Labute approximate surface area is 196 Å². The number of ether oxygens (including phenoxy) is 1. The topological polar surface area (TPSA) is 120 Å². The van der Waals surface area contributed by atoms with Gasteiger partial charge in [0.2, 0.25) is 5.91 Å². The standard InChI is InChI=1S/C24H25N5O5/c1-4-34-24(31)21-22-20(17-5-7-19(8-6-17)29(32)33)13-18(14-28(22)26-25-21)16-9-11-27(12-10-16)23(30)15(2)3/h5-9,13-15H,4,10-12H2,1-3H3. The number of carbonyl (C=O) groups is 2. The third-order valence-electron chi connectivity index (χ3n) is 5.75. The van der Waals surface area contributed by atoms with Crippen LogP contribution < -0.4 is 0 Å². The first-order chi connectivity index (χ1) is 16.3. The number of nitrogens with zero attached hydrogens (tertiary/aromatic N) is 5. The quantitative estimate of drug-likeness (QED) is 0.310. The number of aromatic nitrogens is 3. The number of rotatable bonds is 6. The van der Waals surface area contributed by atoms with Gasteiger partial charge in [-0.1, -0.05) is 25.1 Å². The van der Waals surface area contributed by atoms with Crippen molar-refractivity contribution < 1.29 is 19.2 Å². The number of fused-ring (bicyclic) bond motifs is 1. The van der Waals surface area contributed by atoms with Gasteiger partial charge in [0.05, 0.1) is 11.5 Å². The summed E-state index contributed by atoms with van der Waals surface area (Å²) in [6.45, 7) is 6.81. The van der Waals surface area contributed by atoms with Gasteiger partial charge in [0.1, 0.15) is 5.52 Å². The molecule has 0 unspecified atom stereocenters. The summed E-state index contributed by atoms with van der Waals surface area (Å²) in [4.78, 5) is 37.3. The lowest BCUT2D eigenvalue weighted by Gasteiger charge is -2.28. The van der Waals surface area contributed by atoms with Crippen molar-refractivity contribution in [2.24, 2.45) is 5.92 Å². The molecule has 0 spiro atoms. The Morgan fingerprint density at radius 1 is 1.21 bits per heavy atom. The number of hydrogen-bond donors (Lipinski definition) is 0. The van der Waals surface area contributed by atoms with E-state index in [1.54, 1.807) is 25.3 Å². The van der Waals surface area contributed by atoms with Crippen LogP contribution in [0.2, 0.25) is 0 Å². The van der Waals surface area contributed by atoms with Crippen molar-refractivity contribution in [3.8, 4) is 11.1 Å². The fourth-order valence-electron chi connectivity index (χ4n) is 4.02. The smallest absolute Gasteiger partial charge is 0.361 e. The number of non-ortho nitro benzene ring substituents is 1. The highest BCUT2D eigenvalue weighted by Crippen LogP contribution is 2.33. The van der Waals surface area contributed by atoms with Crippen molar-refractivity contribution in [1.29, 1.82) is 0 Å². The van der Waals surface area contributed by atoms with Gasteiger partial charge in [0.25, 0.3) is 5.69 Å². The van der Waals surface area contributed by atoms with E-state index < -0.39 is 10.9 Å². The monoisotopic (exact) mass is 463 g/mol. The van der Waals surface area contributed by atoms with Crippen LogP contribution in [0.15, 0.2) is 42.6 Å². The van der Waals surface area contributed by atoms with E-state index in [4.69, 9.17) is 4.74 Å². The van der Waals surface area contributed by atoms with Gasteiger partial charge >= 0.3 is 5.97 Å². The molecular formula is C24H25N5O5. The van der Waals surface area contributed by atoms with E-state index in [1.165, 1.54) is 16.6 Å². The molecule has 0 fully saturated rings. The summed E-state index contributed by atoms with van der Waals surface area (Å²) in [5.74, 6) is -0.530. The summed E-state index contributed by atoms with van der Waals surface area (Å²) in [5, 5.41) is 19.3. The number of hydrogen-bond acceptors (Lipinski definition) is 7. The highest BCUT2D eigenvalue weighted by atomic mass is 16.6. The van der Waals surface area contributed by atoms with Crippen LogP contribution in [0.5, 0.6) is 0 Å². The third kappa shape index (κ3) is 4.39. The summed E-state index contributed by atoms with van der Waals surface area (Å²) in [7, 11) is 0. The summed E-state index contributed by atoms with van der Waals surface area (Å²) < 4.78 is 6.68. The molecule has 0 N–H and O–H groups in total. The molecular weight excluding hydrogens is 438 g/mol. The van der Waals surface area contributed by atoms with Crippen molar-refractivity contribution >= 4 is 28.7 Å². The lowest BCUT2D eigenvalue weighted by molar-refractivity contribution is -0.384. The molecule has 0 aliphatic carbocycles. The molecule has 0 saturated carbocycles. The lowest BCUT2D eigenvalue weighted by Crippen LogP contribution is -2.37. The summed E-state index contributed by atoms with van der Waals surface area (Å²) in [6, 6.07) is 8.03. The average molecular weight is 463 g/mol. The third-order valence-corrected chi connectivity index (χ3v) is 5.75. The SMILES string of the molecule is CCOC(=O)c1nnn2cc(C3=CCN(C(=O)C(C)C)CC3)cc(-c3ccc([N+](=O)[O-])cc3)c12. The maximum Gasteiger partial charge on any atom is 0.361 e. The molecule has 3 aromatic rings. The molecule has 0 radical (unpaired) electrons. The zero-order valence-corrected chi connectivity index (χ0v) is 19.2. The number of amides is 1. The van der Waals surface area contributed by atoms with Crippen LogP contribution in [0.3, 0.4) is 0 Å². The molecule has 176 valence electrons. The molecule has 10 nitrogen and oxygen atoms in total. The first-order valence-electron chi connectivity index (χ1n) is 11.1. The van der Waals surface area contributed by atoms with Crippen LogP contribution in [-0.4, -0.2) is 56.2 Å². The fourth-order valence-corrected chi connectivity index (χ4v) is 4.02. The van der Waals surface area contributed by atoms with Crippen LogP contribution in [0, 0.1) is 16.0 Å². The maximum atomic E-state index is 12.5. The molecule has 1 aliphatic rings. The van der Waals surface area contributed by atoms with E-state index in [0.29, 0.717) is 36.2 Å². The Bertz CT molecular complexity index is 1290. The minimum absolute atomic E-state index is 0.0296. The molecule has 10 heteroatoms. The Morgan fingerprint density at radius 3 is 2.53 bits per heavy atom. The number of nitro groups is 1. The predicted molar refractivity (Wildman–Crippen MR) is 125 cm³/mol. The fraction of sp³-hybridized carbons (Fsp3) is 0.333. The minimum Gasteiger partial charge on any atom is -0.461 e. The van der Waals surface area contributed by atoms with E-state index in [2.05, 4.69) is 10.3 Å². The van der Waals surface area contributed by atoms with Gasteiger partial charge in [-0.05, 0) is 48.2 Å². The second kappa shape index (κ2) is 9.42. The average Bonchev–Trinajstić information content (AvgIpc) is 3.27. The molecule has 0 atom stereocenters. The van der Waals surface area contributed by atoms with Crippen LogP contribution in [0.4, 0.5) is 5.69 Å². The number of esters is 1. The molecule has 1 aromatic carbocycles. The summed E-state index contributed by atoms with van der Waals surface area (Å²) >= 11 is 0. The van der Waals surface area contributed by atoms with Crippen molar-refractivity contribution in [1.82, 2.24) is 19.7 Å². The highest BCUT2D eigenvalue weighted by molar-refractivity contribution is 6.00. The van der Waals surface area contributed by atoms with E-state index in [-0.39, 0.29) is 29.8 Å². The Hall–Kier alpha value is -4.08. The predicted octanol–water partition coefficient (Wildman–Crippen LogP) is 3.75. The molecule has 0 bridgehead atoms. The maximum absolute atomic E-state index is 12.5. The molecule has 1 amide bonds. The van der Waals surface area contributed by atoms with E-state index in [9.17, 15) is 19.7 Å². The minimum atomic E-state index is -0.590. The molecule has 4 rings (SSSR count). The number of carbonyl (C=O) groups excluding carboxylic acids is 2. The van der Waals surface area contributed by atoms with Gasteiger partial charge in [-0.25, -0.2) is 9.31 Å². The molecule has 1 aliphatic heterocycles. The zero-order chi connectivity index (χ0) is 24.4. The van der Waals surface area contributed by atoms with Gasteiger partial charge in [-0.15, -0.1) is 5.10 Å². The number of benzene rings is 1. The largest absolute Gasteiger partial charge is 0.461 e. The van der Waals surface area contributed by atoms with Gasteiger partial charge < -0.3 is 9.64 Å². The van der Waals surface area contributed by atoms with Crippen LogP contribution in [-0.2, 0) is 9.53 Å². The Balaban J connectivity index is 1.81. The number of nitro benzene ring substituents is 1. The first-order valence-corrected chi connectivity index (χ1v) is 11.1. The summed E-state index contributed by atoms with van der Waals surface area (Å²) in [5.41, 5.74) is 3.76. The first kappa shape index (κ1) is 23.1. The molecule has 2 aromatic heterocycles. The van der Waals surface area contributed by atoms with Crippen molar-refractivity contribution in [3.63, 3.8) is 0 Å². The second-order valence-electron chi connectivity index (χ2n) is 8.32. The van der Waals surface area contributed by atoms with Gasteiger partial charge in [0.15, 0.2) is 5.69 Å². The summed E-state index contributed by atoms with van der Waals surface area (Å²) in [6.07, 6.45) is 4.49. The Kier molecular flexibility index (Phi) is 6.40. The number of pyridine rings is 1. The lowest BCUT2D eigenvalue weighted by atomic mass is 9.95. The van der Waals surface area contributed by atoms with Gasteiger partial charge in [0, 0.05) is 42.9 Å². The van der Waals surface area contributed by atoms with Crippen LogP contribution >= 0.6 is 0 Å². The van der Waals surface area contributed by atoms with Crippen LogP contribution in [0.1, 0.15) is 43.2 Å². The van der Waals surface area contributed by atoms with E-state index in [1.807, 2.05) is 30.9 Å². The Morgan fingerprint density at radius 2 is 1.94 bits per heavy atom. The van der Waals surface area contributed by atoms with E-state index in [0.717, 1.165) is 11.1 Å². The van der Waals surface area contributed by atoms with Gasteiger partial charge in [-0.3, -0.25) is 14.9 Å². The molecule has 3 heterocycles. The molecule has 34 heavy (non-hydrogen) atoms. The van der Waals surface area contributed by atoms with Crippen LogP contribution in [0.25, 0.3) is 22.2 Å². The zero-order valence-electron chi connectivity index (χ0n) is 19.2. The highest BCUT2D eigenvalue weighted by Gasteiger charge is 2.24. The van der Waals surface area contributed by atoms with Crippen molar-refractivity contribution in [3.05, 3.63) is 64.0 Å². The van der Waals surface area contributed by atoms with Gasteiger partial charge in [-0.2, -0.15) is 0 Å². The second-order valence-corrected chi connectivity index (χ2v) is 8.32. The normalized spacial score (nSPS) is 13.8. The van der Waals surface area contributed by atoms with E-state index >= 15 is 0 Å². The van der Waals surface area contributed by atoms with Crippen molar-refractivity contribution in [2.75, 3.05) is 19.7 Å². The molecule has 0 saturated heterocycles. The van der Waals surface area contributed by atoms with Crippen molar-refractivity contribution in [2.45, 2.75) is 27.2 Å².